The first-order valence-electron chi connectivity index (χ1n) is 8.44. The third kappa shape index (κ3) is 4.95. The summed E-state index contributed by atoms with van der Waals surface area (Å²) in [5.41, 5.74) is 2.00. The molecular weight excluding hydrogens is 300 g/mol. The number of rotatable bonds is 3. The largest absolute Gasteiger partial charge is 0.360 e. The van der Waals surface area contributed by atoms with Gasteiger partial charge in [0.1, 0.15) is 0 Å². The van der Waals surface area contributed by atoms with E-state index < -0.39 is 11.7 Å². The van der Waals surface area contributed by atoms with E-state index in [0.717, 1.165) is 16.6 Å². The van der Waals surface area contributed by atoms with Gasteiger partial charge in [0.2, 0.25) is 0 Å². The van der Waals surface area contributed by atoms with Crippen LogP contribution in [0.1, 0.15) is 50.9 Å². The lowest BCUT2D eigenvalue weighted by molar-refractivity contribution is -0.116. The van der Waals surface area contributed by atoms with Crippen LogP contribution in [-0.2, 0) is 4.79 Å². The van der Waals surface area contributed by atoms with Gasteiger partial charge in [0.05, 0.1) is 5.56 Å². The number of H-pyrrole nitrogens is 1. The number of allylic oxidation sites excluding steroid dienone is 3. The molecule has 1 amide bonds. The Labute approximate surface area is 143 Å². The molecule has 24 heavy (non-hydrogen) atoms. The molecule has 0 fully saturated rings. The fraction of sp³-hybridized carbons (Fsp3) is 0.300. The van der Waals surface area contributed by atoms with Crippen molar-refractivity contribution < 1.29 is 9.59 Å². The minimum atomic E-state index is -0.597. The molecule has 1 heterocycles. The van der Waals surface area contributed by atoms with Crippen molar-refractivity contribution in [1.29, 1.82) is 0 Å². The average molecular weight is 326 g/mol. The molecule has 128 valence electrons. The van der Waals surface area contributed by atoms with Crippen molar-refractivity contribution in [2.24, 2.45) is 0 Å². The molecule has 0 atom stereocenters. The van der Waals surface area contributed by atoms with Crippen LogP contribution < -0.4 is 5.32 Å². The number of hydrogen-bond donors (Lipinski definition) is 2. The Morgan fingerprint density at radius 3 is 2.46 bits per heavy atom. The number of aromatic nitrogens is 1. The van der Waals surface area contributed by atoms with Gasteiger partial charge in [-0.25, -0.2) is 0 Å². The van der Waals surface area contributed by atoms with Crippen LogP contribution in [-0.4, -0.2) is 16.7 Å². The van der Waals surface area contributed by atoms with Gasteiger partial charge in [-0.1, -0.05) is 64.5 Å². The molecule has 1 aromatic heterocycles. The molecule has 0 bridgehead atoms. The molecule has 1 aromatic carbocycles. The van der Waals surface area contributed by atoms with Gasteiger partial charge >= 0.3 is 0 Å². The Balaban J connectivity index is 0.000000521. The summed E-state index contributed by atoms with van der Waals surface area (Å²) in [6.07, 6.45) is 9.05. The van der Waals surface area contributed by atoms with E-state index in [1.54, 1.807) is 12.3 Å². The van der Waals surface area contributed by atoms with Gasteiger partial charge in [0, 0.05) is 29.2 Å². The molecule has 0 aliphatic heterocycles. The van der Waals surface area contributed by atoms with E-state index >= 15 is 0 Å². The third-order valence-electron chi connectivity index (χ3n) is 3.09. The second kappa shape index (κ2) is 10.2. The van der Waals surface area contributed by atoms with E-state index in [-0.39, 0.29) is 0 Å². The molecule has 0 saturated carbocycles. The van der Waals surface area contributed by atoms with Gasteiger partial charge < -0.3 is 10.3 Å². The maximum atomic E-state index is 12.1. The summed E-state index contributed by atoms with van der Waals surface area (Å²) >= 11 is 0. The molecule has 4 heteroatoms. The van der Waals surface area contributed by atoms with Crippen molar-refractivity contribution in [2.45, 2.75) is 40.5 Å². The molecule has 0 spiro atoms. The zero-order valence-corrected chi connectivity index (χ0v) is 14.8. The number of nitrogens with one attached hydrogen (secondary N) is 2. The van der Waals surface area contributed by atoms with Gasteiger partial charge in [-0.15, -0.1) is 0 Å². The van der Waals surface area contributed by atoms with Crippen molar-refractivity contribution in [1.82, 2.24) is 10.3 Å². The number of benzene rings is 1. The second-order valence-corrected chi connectivity index (χ2v) is 5.06. The van der Waals surface area contributed by atoms with E-state index in [4.69, 9.17) is 0 Å². The van der Waals surface area contributed by atoms with Crippen LogP contribution in [0.5, 0.6) is 0 Å². The molecule has 4 nitrogen and oxygen atoms in total. The monoisotopic (exact) mass is 326 g/mol. The lowest BCUT2D eigenvalue weighted by Gasteiger charge is -2.04. The first-order chi connectivity index (χ1) is 11.7. The van der Waals surface area contributed by atoms with E-state index in [9.17, 15) is 9.59 Å². The Kier molecular flexibility index (Phi) is 8.26. The number of fused-ring (bicyclic) bond motifs is 1. The van der Waals surface area contributed by atoms with Crippen LogP contribution in [0.15, 0.2) is 54.4 Å². The van der Waals surface area contributed by atoms with Crippen molar-refractivity contribution in [3.8, 4) is 0 Å². The van der Waals surface area contributed by atoms with E-state index in [1.165, 1.54) is 6.42 Å². The Bertz CT molecular complexity index is 739. The highest BCUT2D eigenvalue weighted by atomic mass is 16.2. The fourth-order valence-corrected chi connectivity index (χ4v) is 2.12. The van der Waals surface area contributed by atoms with Gasteiger partial charge in [0.15, 0.2) is 0 Å². The van der Waals surface area contributed by atoms with Gasteiger partial charge in [0.25, 0.3) is 11.7 Å². The van der Waals surface area contributed by atoms with Crippen LogP contribution in [0, 0.1) is 0 Å². The van der Waals surface area contributed by atoms with Crippen molar-refractivity contribution in [3.63, 3.8) is 0 Å². The minimum Gasteiger partial charge on any atom is -0.360 e. The van der Waals surface area contributed by atoms with Crippen LogP contribution in [0.2, 0.25) is 0 Å². The minimum absolute atomic E-state index is 0.402. The highest BCUT2D eigenvalue weighted by Gasteiger charge is 2.20. The van der Waals surface area contributed by atoms with Gasteiger partial charge in [-0.05, 0) is 12.1 Å². The summed E-state index contributed by atoms with van der Waals surface area (Å²) in [6.45, 7) is 8.25. The quantitative estimate of drug-likeness (QED) is 0.631. The number of aromatic amines is 1. The molecule has 1 aliphatic rings. The highest BCUT2D eigenvalue weighted by Crippen LogP contribution is 2.18. The van der Waals surface area contributed by atoms with Crippen molar-refractivity contribution in [2.75, 3.05) is 0 Å². The molecule has 0 radical (unpaired) electrons. The average Bonchev–Trinajstić information content (AvgIpc) is 3.26. The maximum absolute atomic E-state index is 12.1. The summed E-state index contributed by atoms with van der Waals surface area (Å²) < 4.78 is 0. The van der Waals surface area contributed by atoms with Crippen LogP contribution in [0.25, 0.3) is 10.9 Å². The fourth-order valence-electron chi connectivity index (χ4n) is 2.12. The standard InChI is InChI=1S/C15H12N2O2.C3H8.C2H6/c18-14(15(19)17-10-5-1-2-6-10)12-9-16-13-8-4-3-7-11(12)13;1-3-2;1-2/h1-5,7-9,16H,6H2,(H,17,19);3H2,1-2H3;1-2H3. The lowest BCUT2D eigenvalue weighted by atomic mass is 10.1. The van der Waals surface area contributed by atoms with Gasteiger partial charge in [-0.3, -0.25) is 9.59 Å². The number of carbonyl (C=O) groups is 2. The number of amides is 1. The lowest BCUT2D eigenvalue weighted by Crippen LogP contribution is -2.29. The summed E-state index contributed by atoms with van der Waals surface area (Å²) in [4.78, 5) is 27.0. The normalized spacial score (nSPS) is 11.8. The number of ketones is 1. The second-order valence-electron chi connectivity index (χ2n) is 5.06. The number of para-hydroxylation sites is 1. The molecule has 2 N–H and O–H groups in total. The highest BCUT2D eigenvalue weighted by molar-refractivity contribution is 6.45. The summed E-state index contributed by atoms with van der Waals surface area (Å²) in [5.74, 6) is -1.12. The summed E-state index contributed by atoms with van der Waals surface area (Å²) in [6, 6.07) is 7.41. The Morgan fingerprint density at radius 1 is 1.17 bits per heavy atom. The van der Waals surface area contributed by atoms with Crippen LogP contribution in [0.3, 0.4) is 0 Å². The predicted molar refractivity (Wildman–Crippen MR) is 99.9 cm³/mol. The first kappa shape index (κ1) is 19.4. The zero-order valence-electron chi connectivity index (χ0n) is 14.8. The summed E-state index contributed by atoms with van der Waals surface area (Å²) in [5, 5.41) is 3.39. The van der Waals surface area contributed by atoms with E-state index in [0.29, 0.717) is 12.0 Å². The molecule has 0 unspecified atom stereocenters. The van der Waals surface area contributed by atoms with Crippen LogP contribution in [0.4, 0.5) is 0 Å². The maximum Gasteiger partial charge on any atom is 0.296 e. The number of Topliss-reactive ketones (excluding diaryl/α,β-unsaturated/α-hetero) is 1. The van der Waals surface area contributed by atoms with E-state index in [2.05, 4.69) is 24.1 Å². The molecule has 3 rings (SSSR count). The number of hydrogen-bond acceptors (Lipinski definition) is 2. The van der Waals surface area contributed by atoms with Crippen molar-refractivity contribution in [3.05, 3.63) is 60.0 Å². The third-order valence-corrected chi connectivity index (χ3v) is 3.09. The smallest absolute Gasteiger partial charge is 0.296 e. The zero-order chi connectivity index (χ0) is 17.9. The Morgan fingerprint density at radius 2 is 1.83 bits per heavy atom. The Hall–Kier alpha value is -2.62. The molecule has 1 aliphatic carbocycles. The molecular formula is C20H26N2O2. The first-order valence-corrected chi connectivity index (χ1v) is 8.44. The summed E-state index contributed by atoms with van der Waals surface area (Å²) in [7, 11) is 0. The SMILES string of the molecule is CC.CCC.O=C(NC1=CC=CC1)C(=O)c1c[nH]c2ccccc12. The number of carbonyl (C=O) groups excluding carboxylic acids is 2. The van der Waals surface area contributed by atoms with Crippen LogP contribution >= 0.6 is 0 Å². The predicted octanol–water partition coefficient (Wildman–Crippen LogP) is 4.75. The molecule has 2 aromatic rings. The van der Waals surface area contributed by atoms with E-state index in [1.807, 2.05) is 50.3 Å². The van der Waals surface area contributed by atoms with Crippen molar-refractivity contribution >= 4 is 22.6 Å². The molecule has 0 saturated heterocycles. The topological polar surface area (TPSA) is 62.0 Å². The van der Waals surface area contributed by atoms with Gasteiger partial charge in [-0.2, -0.15) is 0 Å².